The van der Waals surface area contributed by atoms with Gasteiger partial charge in [0.15, 0.2) is 0 Å². The fourth-order valence-corrected chi connectivity index (χ4v) is 2.23. The molecule has 1 heterocycles. The molecule has 0 bridgehead atoms. The molecule has 1 aliphatic heterocycles. The van der Waals surface area contributed by atoms with E-state index in [0.29, 0.717) is 0 Å². The van der Waals surface area contributed by atoms with Gasteiger partial charge in [0.2, 0.25) is 0 Å². The number of hydrogen-bond acceptors (Lipinski definition) is 2. The molecule has 1 saturated heterocycles. The average molecular weight is 233 g/mol. The monoisotopic (exact) mass is 233 g/mol. The zero-order valence-electron chi connectivity index (χ0n) is 10.3. The highest BCUT2D eigenvalue weighted by atomic mass is 16.2. The number of carbonyl (C=O) groups is 1. The highest BCUT2D eigenvalue weighted by Crippen LogP contribution is 2.22. The largest absolute Gasteiger partial charge is 0.332 e. The molecule has 2 atom stereocenters. The molecule has 1 aromatic carbocycles. The van der Waals surface area contributed by atoms with Crippen molar-refractivity contribution in [3.8, 4) is 0 Å². The molecule has 0 radical (unpaired) electrons. The van der Waals surface area contributed by atoms with Gasteiger partial charge >= 0.3 is 6.03 Å². The van der Waals surface area contributed by atoms with Crippen molar-refractivity contribution in [1.82, 2.24) is 15.5 Å². The molecule has 1 fully saturated rings. The minimum absolute atomic E-state index is 0.0293. The van der Waals surface area contributed by atoms with Crippen LogP contribution in [0.5, 0.6) is 0 Å². The first-order chi connectivity index (χ1) is 8.22. The van der Waals surface area contributed by atoms with E-state index in [1.54, 1.807) is 0 Å². The van der Waals surface area contributed by atoms with Gasteiger partial charge < -0.3 is 15.5 Å². The SMILES string of the molecule is CNCC1CN(C(C)c2ccccc2)C(=O)N1. The van der Waals surface area contributed by atoms with Crippen molar-refractivity contribution < 1.29 is 4.79 Å². The fourth-order valence-electron chi connectivity index (χ4n) is 2.23. The third-order valence-corrected chi connectivity index (χ3v) is 3.21. The Bertz CT molecular complexity index is 380. The Morgan fingerprint density at radius 2 is 2.18 bits per heavy atom. The van der Waals surface area contributed by atoms with E-state index >= 15 is 0 Å². The molecule has 2 N–H and O–H groups in total. The predicted octanol–water partition coefficient (Wildman–Crippen LogP) is 1.36. The first kappa shape index (κ1) is 11.9. The van der Waals surface area contributed by atoms with Gasteiger partial charge in [-0.1, -0.05) is 30.3 Å². The standard InChI is InChI=1S/C13H19N3O/c1-10(11-6-4-3-5-7-11)16-9-12(8-14-2)15-13(16)17/h3-7,10,12,14H,8-9H2,1-2H3,(H,15,17). The second-order valence-electron chi connectivity index (χ2n) is 4.44. The summed E-state index contributed by atoms with van der Waals surface area (Å²) in [5.41, 5.74) is 1.17. The minimum Gasteiger partial charge on any atom is -0.332 e. The van der Waals surface area contributed by atoms with Crippen LogP contribution in [0.2, 0.25) is 0 Å². The number of nitrogens with one attached hydrogen (secondary N) is 2. The summed E-state index contributed by atoms with van der Waals surface area (Å²) < 4.78 is 0. The Labute approximate surface area is 102 Å². The molecular formula is C13H19N3O. The van der Waals surface area contributed by atoms with Crippen molar-refractivity contribution in [1.29, 1.82) is 0 Å². The molecule has 4 heteroatoms. The summed E-state index contributed by atoms with van der Waals surface area (Å²) in [7, 11) is 1.90. The first-order valence-corrected chi connectivity index (χ1v) is 5.99. The van der Waals surface area contributed by atoms with Gasteiger partial charge in [0.25, 0.3) is 0 Å². The van der Waals surface area contributed by atoms with Gasteiger partial charge in [-0.25, -0.2) is 4.79 Å². The Kier molecular flexibility index (Phi) is 3.64. The van der Waals surface area contributed by atoms with Crippen LogP contribution in [0.15, 0.2) is 30.3 Å². The molecule has 0 aliphatic carbocycles. The van der Waals surface area contributed by atoms with Crippen LogP contribution in [-0.2, 0) is 0 Å². The molecule has 2 unspecified atom stereocenters. The number of likely N-dealkylation sites (N-methyl/N-ethyl adjacent to an activating group) is 1. The van der Waals surface area contributed by atoms with Gasteiger partial charge in [-0.15, -0.1) is 0 Å². The maximum absolute atomic E-state index is 11.9. The van der Waals surface area contributed by atoms with Crippen LogP contribution < -0.4 is 10.6 Å². The average Bonchev–Trinajstić information content (AvgIpc) is 2.71. The third kappa shape index (κ3) is 2.58. The van der Waals surface area contributed by atoms with Gasteiger partial charge in [0.05, 0.1) is 12.1 Å². The Morgan fingerprint density at radius 3 is 2.82 bits per heavy atom. The van der Waals surface area contributed by atoms with Gasteiger partial charge in [-0.05, 0) is 19.5 Å². The Hall–Kier alpha value is -1.55. The predicted molar refractivity (Wildman–Crippen MR) is 67.8 cm³/mol. The van der Waals surface area contributed by atoms with Crippen molar-refractivity contribution in [2.75, 3.05) is 20.1 Å². The van der Waals surface area contributed by atoms with E-state index in [1.807, 2.05) is 30.1 Å². The number of nitrogens with zero attached hydrogens (tertiary/aromatic N) is 1. The maximum Gasteiger partial charge on any atom is 0.318 e. The molecule has 17 heavy (non-hydrogen) atoms. The van der Waals surface area contributed by atoms with Crippen LogP contribution in [0, 0.1) is 0 Å². The number of urea groups is 1. The van der Waals surface area contributed by atoms with Crippen LogP contribution in [0.1, 0.15) is 18.5 Å². The van der Waals surface area contributed by atoms with Crippen molar-refractivity contribution in [2.45, 2.75) is 19.0 Å². The molecule has 0 aromatic heterocycles. The highest BCUT2D eigenvalue weighted by Gasteiger charge is 2.31. The van der Waals surface area contributed by atoms with Crippen LogP contribution >= 0.6 is 0 Å². The molecular weight excluding hydrogens is 214 g/mol. The highest BCUT2D eigenvalue weighted by molar-refractivity contribution is 5.77. The van der Waals surface area contributed by atoms with Crippen molar-refractivity contribution in [3.63, 3.8) is 0 Å². The summed E-state index contributed by atoms with van der Waals surface area (Å²) >= 11 is 0. The van der Waals surface area contributed by atoms with Gasteiger partial charge in [-0.3, -0.25) is 0 Å². The van der Waals surface area contributed by atoms with Gasteiger partial charge in [0, 0.05) is 13.1 Å². The van der Waals surface area contributed by atoms with Crippen LogP contribution in [0.25, 0.3) is 0 Å². The van der Waals surface area contributed by atoms with E-state index in [9.17, 15) is 4.79 Å². The minimum atomic E-state index is 0.0293. The van der Waals surface area contributed by atoms with E-state index in [2.05, 4.69) is 29.7 Å². The lowest BCUT2D eigenvalue weighted by molar-refractivity contribution is 0.202. The third-order valence-electron chi connectivity index (χ3n) is 3.21. The zero-order chi connectivity index (χ0) is 12.3. The zero-order valence-corrected chi connectivity index (χ0v) is 10.3. The lowest BCUT2D eigenvalue weighted by Crippen LogP contribution is -2.35. The van der Waals surface area contributed by atoms with Crippen molar-refractivity contribution >= 4 is 6.03 Å². The number of benzene rings is 1. The summed E-state index contributed by atoms with van der Waals surface area (Å²) in [4.78, 5) is 13.7. The summed E-state index contributed by atoms with van der Waals surface area (Å²) in [5, 5.41) is 6.07. The van der Waals surface area contributed by atoms with Crippen molar-refractivity contribution in [3.05, 3.63) is 35.9 Å². The molecule has 1 aromatic rings. The smallest absolute Gasteiger partial charge is 0.318 e. The van der Waals surface area contributed by atoms with Crippen LogP contribution in [0.3, 0.4) is 0 Å². The summed E-state index contributed by atoms with van der Waals surface area (Å²) in [6.45, 7) is 3.64. The first-order valence-electron chi connectivity index (χ1n) is 5.99. The van der Waals surface area contributed by atoms with E-state index < -0.39 is 0 Å². The topological polar surface area (TPSA) is 44.4 Å². The van der Waals surface area contributed by atoms with E-state index in [4.69, 9.17) is 0 Å². The van der Waals surface area contributed by atoms with Gasteiger partial charge in [-0.2, -0.15) is 0 Å². The maximum atomic E-state index is 11.9. The quantitative estimate of drug-likeness (QED) is 0.824. The number of rotatable bonds is 4. The molecule has 4 nitrogen and oxygen atoms in total. The van der Waals surface area contributed by atoms with Gasteiger partial charge in [0.1, 0.15) is 0 Å². The molecule has 2 amide bonds. The lowest BCUT2D eigenvalue weighted by Gasteiger charge is -2.23. The lowest BCUT2D eigenvalue weighted by atomic mass is 10.1. The Morgan fingerprint density at radius 1 is 1.47 bits per heavy atom. The molecule has 2 rings (SSSR count). The summed E-state index contributed by atoms with van der Waals surface area (Å²) in [6.07, 6.45) is 0. The second kappa shape index (κ2) is 5.19. The van der Waals surface area contributed by atoms with Crippen LogP contribution in [-0.4, -0.2) is 37.1 Å². The molecule has 92 valence electrons. The van der Waals surface area contributed by atoms with E-state index in [0.717, 1.165) is 13.1 Å². The second-order valence-corrected chi connectivity index (χ2v) is 4.44. The van der Waals surface area contributed by atoms with Crippen molar-refractivity contribution in [2.24, 2.45) is 0 Å². The van der Waals surface area contributed by atoms with E-state index in [-0.39, 0.29) is 18.1 Å². The number of amides is 2. The molecule has 1 aliphatic rings. The van der Waals surface area contributed by atoms with E-state index in [1.165, 1.54) is 5.56 Å². The number of hydrogen-bond donors (Lipinski definition) is 2. The summed E-state index contributed by atoms with van der Waals surface area (Å²) in [6, 6.07) is 10.5. The fraction of sp³-hybridized carbons (Fsp3) is 0.462. The van der Waals surface area contributed by atoms with Crippen LogP contribution in [0.4, 0.5) is 4.79 Å². The Balaban J connectivity index is 2.06. The molecule has 0 saturated carbocycles. The normalized spacial score (nSPS) is 21.4. The summed E-state index contributed by atoms with van der Waals surface area (Å²) in [5.74, 6) is 0. The number of carbonyl (C=O) groups excluding carboxylic acids is 1. The molecule has 0 spiro atoms.